The van der Waals surface area contributed by atoms with E-state index in [9.17, 15) is 4.79 Å². The lowest BCUT2D eigenvalue weighted by Gasteiger charge is -2.11. The molecule has 0 radical (unpaired) electrons. The van der Waals surface area contributed by atoms with E-state index in [1.807, 2.05) is 18.3 Å². The molecule has 3 aromatic rings. The summed E-state index contributed by atoms with van der Waals surface area (Å²) in [6.07, 6.45) is 7.65. The summed E-state index contributed by atoms with van der Waals surface area (Å²) in [6.45, 7) is 1.95. The van der Waals surface area contributed by atoms with E-state index >= 15 is 0 Å². The zero-order chi connectivity index (χ0) is 19.2. The minimum absolute atomic E-state index is 0.171. The largest absolute Gasteiger partial charge is 0.491 e. The number of nitrogens with one attached hydrogen (secondary N) is 1. The number of hydrogen-bond acceptors (Lipinski definition) is 5. The predicted molar refractivity (Wildman–Crippen MR) is 104 cm³/mol. The second-order valence-electron chi connectivity index (χ2n) is 6.68. The lowest BCUT2D eigenvalue weighted by atomic mass is 10.2. The number of anilines is 1. The Kier molecular flexibility index (Phi) is 5.63. The topological polar surface area (TPSA) is 78.3 Å². The number of carbonyl (C=O) groups is 1. The molecule has 0 spiro atoms. The van der Waals surface area contributed by atoms with Crippen molar-refractivity contribution in [3.8, 4) is 5.75 Å². The molecule has 1 aromatic carbocycles. The Morgan fingerprint density at radius 1 is 1.25 bits per heavy atom. The van der Waals surface area contributed by atoms with Gasteiger partial charge in [0.25, 0.3) is 5.91 Å². The first kappa shape index (κ1) is 18.2. The van der Waals surface area contributed by atoms with Gasteiger partial charge >= 0.3 is 0 Å². The van der Waals surface area contributed by atoms with Crippen molar-refractivity contribution in [2.75, 3.05) is 18.5 Å². The molecule has 28 heavy (non-hydrogen) atoms. The van der Waals surface area contributed by atoms with Crippen LogP contribution in [0.4, 0.5) is 5.82 Å². The Hall–Kier alpha value is -3.19. The maximum atomic E-state index is 12.4. The Bertz CT molecular complexity index is 903. The van der Waals surface area contributed by atoms with Crippen LogP contribution >= 0.6 is 0 Å². The van der Waals surface area contributed by atoms with Crippen molar-refractivity contribution in [3.63, 3.8) is 0 Å². The minimum atomic E-state index is -0.211. The van der Waals surface area contributed by atoms with Gasteiger partial charge < -0.3 is 14.8 Å². The van der Waals surface area contributed by atoms with Gasteiger partial charge in [-0.3, -0.25) is 14.5 Å². The number of pyridine rings is 1. The normalized spacial score (nSPS) is 16.1. The molecule has 0 bridgehead atoms. The highest BCUT2D eigenvalue weighted by Gasteiger charge is 2.16. The van der Waals surface area contributed by atoms with Crippen molar-refractivity contribution in [3.05, 3.63) is 72.2 Å². The van der Waals surface area contributed by atoms with Crippen LogP contribution in [0.2, 0.25) is 0 Å². The molecule has 1 atom stereocenters. The molecule has 1 amide bonds. The van der Waals surface area contributed by atoms with Crippen LogP contribution in [0.3, 0.4) is 0 Å². The van der Waals surface area contributed by atoms with Crippen molar-refractivity contribution < 1.29 is 14.3 Å². The highest BCUT2D eigenvalue weighted by Crippen LogP contribution is 2.17. The van der Waals surface area contributed by atoms with Crippen LogP contribution in [-0.4, -0.2) is 40.0 Å². The highest BCUT2D eigenvalue weighted by atomic mass is 16.5. The number of rotatable bonds is 7. The van der Waals surface area contributed by atoms with E-state index in [-0.39, 0.29) is 12.0 Å². The summed E-state index contributed by atoms with van der Waals surface area (Å²) < 4.78 is 13.0. The van der Waals surface area contributed by atoms with E-state index in [0.717, 1.165) is 30.8 Å². The fourth-order valence-electron chi connectivity index (χ4n) is 3.05. The first-order valence-electron chi connectivity index (χ1n) is 9.34. The van der Waals surface area contributed by atoms with E-state index in [1.54, 1.807) is 47.4 Å². The van der Waals surface area contributed by atoms with Crippen molar-refractivity contribution in [1.29, 1.82) is 0 Å². The number of ether oxygens (including phenoxy) is 2. The van der Waals surface area contributed by atoms with Crippen LogP contribution in [0.1, 0.15) is 28.8 Å². The van der Waals surface area contributed by atoms with Crippen molar-refractivity contribution in [1.82, 2.24) is 14.8 Å². The quantitative estimate of drug-likeness (QED) is 0.683. The molecule has 2 aromatic heterocycles. The molecule has 0 saturated carbocycles. The minimum Gasteiger partial charge on any atom is -0.491 e. The fraction of sp³-hybridized carbons (Fsp3) is 0.286. The summed E-state index contributed by atoms with van der Waals surface area (Å²) in [5.74, 6) is 1.03. The molecule has 1 aliphatic rings. The zero-order valence-corrected chi connectivity index (χ0v) is 15.5. The summed E-state index contributed by atoms with van der Waals surface area (Å²) >= 11 is 0. The van der Waals surface area contributed by atoms with Crippen LogP contribution in [-0.2, 0) is 11.3 Å². The molecule has 4 rings (SSSR count). The lowest BCUT2D eigenvalue weighted by molar-refractivity contribution is 0.0679. The fourth-order valence-corrected chi connectivity index (χ4v) is 3.05. The van der Waals surface area contributed by atoms with E-state index in [1.165, 1.54) is 0 Å². The van der Waals surface area contributed by atoms with Gasteiger partial charge in [-0.25, -0.2) is 0 Å². The third-order valence-corrected chi connectivity index (χ3v) is 4.53. The molecule has 7 nitrogen and oxygen atoms in total. The number of nitrogens with zero attached hydrogens (tertiary/aromatic N) is 3. The van der Waals surface area contributed by atoms with Crippen LogP contribution in [0, 0.1) is 0 Å². The number of hydrogen-bond donors (Lipinski definition) is 1. The summed E-state index contributed by atoms with van der Waals surface area (Å²) in [4.78, 5) is 16.5. The smallest absolute Gasteiger partial charge is 0.256 e. The van der Waals surface area contributed by atoms with E-state index < -0.39 is 0 Å². The van der Waals surface area contributed by atoms with Crippen LogP contribution in [0.15, 0.2) is 61.1 Å². The van der Waals surface area contributed by atoms with Gasteiger partial charge in [-0.1, -0.05) is 6.07 Å². The van der Waals surface area contributed by atoms with E-state index in [0.29, 0.717) is 24.5 Å². The first-order chi connectivity index (χ1) is 13.8. The first-order valence-corrected chi connectivity index (χ1v) is 9.34. The molecule has 0 aliphatic carbocycles. The third-order valence-electron chi connectivity index (χ3n) is 4.53. The standard InChI is InChI=1S/C21H22N4O3/c26-21(17-5-7-18(8-6-17)28-15-19-4-2-12-27-19)23-20-9-11-25(24-20)14-16-3-1-10-22-13-16/h1,3,5-11,13,19H,2,4,12,14-15H2,(H,23,24,26). The Balaban J connectivity index is 1.30. The lowest BCUT2D eigenvalue weighted by Crippen LogP contribution is -2.16. The molecule has 1 unspecified atom stereocenters. The van der Waals surface area contributed by atoms with Crippen LogP contribution < -0.4 is 10.1 Å². The number of amides is 1. The molecular formula is C21H22N4O3. The average Bonchev–Trinajstić information content (AvgIpc) is 3.40. The predicted octanol–water partition coefficient (Wildman–Crippen LogP) is 3.14. The highest BCUT2D eigenvalue weighted by molar-refractivity contribution is 6.03. The van der Waals surface area contributed by atoms with E-state index in [2.05, 4.69) is 15.4 Å². The van der Waals surface area contributed by atoms with Gasteiger partial charge in [0.2, 0.25) is 0 Å². The summed E-state index contributed by atoms with van der Waals surface area (Å²) in [7, 11) is 0. The molecule has 1 N–H and O–H groups in total. The van der Waals surface area contributed by atoms with Crippen LogP contribution in [0.5, 0.6) is 5.75 Å². The summed E-state index contributed by atoms with van der Waals surface area (Å²) in [5, 5.41) is 7.19. The maximum absolute atomic E-state index is 12.4. The van der Waals surface area contributed by atoms with Gasteiger partial charge in [-0.05, 0) is 48.7 Å². The SMILES string of the molecule is O=C(Nc1ccn(Cc2cccnc2)n1)c1ccc(OCC2CCCO2)cc1. The summed E-state index contributed by atoms with van der Waals surface area (Å²) in [6, 6.07) is 12.7. The molecule has 1 fully saturated rings. The molecule has 1 aliphatic heterocycles. The van der Waals surface area contributed by atoms with E-state index in [4.69, 9.17) is 9.47 Å². The van der Waals surface area contributed by atoms with Gasteiger partial charge in [-0.15, -0.1) is 0 Å². The van der Waals surface area contributed by atoms with Crippen LogP contribution in [0.25, 0.3) is 0 Å². The van der Waals surface area contributed by atoms with Gasteiger partial charge in [-0.2, -0.15) is 5.10 Å². The molecule has 7 heteroatoms. The molecule has 1 saturated heterocycles. The Morgan fingerprint density at radius 2 is 2.14 bits per heavy atom. The second kappa shape index (κ2) is 8.67. The second-order valence-corrected chi connectivity index (χ2v) is 6.68. The number of aromatic nitrogens is 3. The number of benzene rings is 1. The Labute approximate surface area is 163 Å². The Morgan fingerprint density at radius 3 is 2.89 bits per heavy atom. The maximum Gasteiger partial charge on any atom is 0.256 e. The van der Waals surface area contributed by atoms with Crippen molar-refractivity contribution in [2.24, 2.45) is 0 Å². The zero-order valence-electron chi connectivity index (χ0n) is 15.5. The average molecular weight is 378 g/mol. The van der Waals surface area contributed by atoms with Crippen molar-refractivity contribution >= 4 is 11.7 Å². The van der Waals surface area contributed by atoms with Gasteiger partial charge in [0.05, 0.1) is 12.6 Å². The van der Waals surface area contributed by atoms with Crippen molar-refractivity contribution in [2.45, 2.75) is 25.5 Å². The monoisotopic (exact) mass is 378 g/mol. The number of carbonyl (C=O) groups excluding carboxylic acids is 1. The van der Waals surface area contributed by atoms with Gasteiger partial charge in [0.15, 0.2) is 5.82 Å². The third kappa shape index (κ3) is 4.75. The van der Waals surface area contributed by atoms with Gasteiger partial charge in [0.1, 0.15) is 12.4 Å². The molecule has 3 heterocycles. The molecule has 144 valence electrons. The summed E-state index contributed by atoms with van der Waals surface area (Å²) in [5.41, 5.74) is 1.59. The van der Waals surface area contributed by atoms with Gasteiger partial charge in [0, 0.05) is 36.8 Å². The molecular weight excluding hydrogens is 356 g/mol.